The number of morpholine rings is 1. The number of H-pyrrole nitrogens is 1. The molecule has 0 saturated carbocycles. The number of nitrogens with one attached hydrogen (secondary N) is 2. The number of amides is 1. The quantitative estimate of drug-likeness (QED) is 0.630. The van der Waals surface area contributed by atoms with Crippen LogP contribution >= 0.6 is 0 Å². The number of hydrogen-bond acceptors (Lipinski definition) is 4. The van der Waals surface area contributed by atoms with E-state index < -0.39 is 5.82 Å². The second-order valence-electron chi connectivity index (χ2n) is 6.45. The summed E-state index contributed by atoms with van der Waals surface area (Å²) in [6, 6.07) is 2.90. The van der Waals surface area contributed by atoms with E-state index in [1.54, 1.807) is 18.5 Å². The van der Waals surface area contributed by atoms with Gasteiger partial charge in [0.15, 0.2) is 0 Å². The van der Waals surface area contributed by atoms with Crippen LogP contribution in [0.2, 0.25) is 0 Å². The number of hydrogen-bond donors (Lipinski definition) is 2. The highest BCUT2D eigenvalue weighted by atomic mass is 19.1. The molecule has 138 valence electrons. The number of anilines is 1. The molecule has 1 aromatic carbocycles. The van der Waals surface area contributed by atoms with E-state index in [0.717, 1.165) is 18.8 Å². The lowest BCUT2D eigenvalue weighted by atomic mass is 9.99. The maximum atomic E-state index is 14.5. The van der Waals surface area contributed by atoms with Gasteiger partial charge >= 0.3 is 0 Å². The van der Waals surface area contributed by atoms with Crippen LogP contribution in [0.5, 0.6) is 0 Å². The zero-order valence-electron chi connectivity index (χ0n) is 14.9. The van der Waals surface area contributed by atoms with Gasteiger partial charge in [0, 0.05) is 18.7 Å². The minimum atomic E-state index is -0.438. The van der Waals surface area contributed by atoms with Crippen LogP contribution in [0.15, 0.2) is 18.5 Å². The molecule has 0 atom stereocenters. The molecule has 1 aromatic heterocycles. The molecule has 1 saturated heterocycles. The molecule has 6 nitrogen and oxygen atoms in total. The van der Waals surface area contributed by atoms with Crippen molar-refractivity contribution in [2.45, 2.75) is 6.92 Å². The van der Waals surface area contributed by atoms with Crippen molar-refractivity contribution >= 4 is 23.2 Å². The first-order valence-corrected chi connectivity index (χ1v) is 8.78. The monoisotopic (exact) mass is 366 g/mol. The minimum absolute atomic E-state index is 0.238. The van der Waals surface area contributed by atoms with Gasteiger partial charge < -0.3 is 15.0 Å². The van der Waals surface area contributed by atoms with Gasteiger partial charge in [-0.15, -0.1) is 0 Å². The Morgan fingerprint density at radius 1 is 1.37 bits per heavy atom. The normalized spacial score (nSPS) is 18.1. The van der Waals surface area contributed by atoms with Gasteiger partial charge in [0.25, 0.3) is 5.91 Å². The highest BCUT2D eigenvalue weighted by Gasteiger charge is 2.28. The maximum absolute atomic E-state index is 14.5. The minimum Gasteiger partial charge on any atom is -0.379 e. The van der Waals surface area contributed by atoms with E-state index in [0.29, 0.717) is 42.3 Å². The van der Waals surface area contributed by atoms with Crippen molar-refractivity contribution in [3.8, 4) is 11.8 Å². The van der Waals surface area contributed by atoms with Gasteiger partial charge in [0.2, 0.25) is 0 Å². The number of benzene rings is 1. The van der Waals surface area contributed by atoms with E-state index in [2.05, 4.69) is 32.0 Å². The molecule has 0 bridgehead atoms. The fraction of sp³-hybridized carbons (Fsp3) is 0.300. The van der Waals surface area contributed by atoms with Gasteiger partial charge in [-0.2, -0.15) is 0 Å². The number of aryl methyl sites for hydroxylation is 1. The summed E-state index contributed by atoms with van der Waals surface area (Å²) < 4.78 is 19.9. The number of ether oxygens (including phenoxy) is 1. The van der Waals surface area contributed by atoms with Crippen LogP contribution in [0.4, 0.5) is 10.1 Å². The van der Waals surface area contributed by atoms with Crippen molar-refractivity contribution < 1.29 is 13.9 Å². The number of carbonyl (C=O) groups excluding carboxylic acids is 1. The zero-order valence-corrected chi connectivity index (χ0v) is 14.9. The van der Waals surface area contributed by atoms with Crippen LogP contribution in [-0.4, -0.2) is 53.6 Å². The first-order chi connectivity index (χ1) is 13.1. The summed E-state index contributed by atoms with van der Waals surface area (Å²) in [6.45, 7) is 5.37. The highest BCUT2D eigenvalue weighted by Crippen LogP contribution is 2.36. The Kier molecular flexibility index (Phi) is 4.75. The van der Waals surface area contributed by atoms with Crippen molar-refractivity contribution in [1.82, 2.24) is 14.9 Å². The van der Waals surface area contributed by atoms with Crippen molar-refractivity contribution in [2.24, 2.45) is 0 Å². The molecule has 27 heavy (non-hydrogen) atoms. The third-order valence-corrected chi connectivity index (χ3v) is 4.69. The Hall–Kier alpha value is -2.95. The number of aromatic amines is 1. The Balaban J connectivity index is 1.70. The smallest absolute Gasteiger partial charge is 0.256 e. The molecule has 0 aliphatic carbocycles. The van der Waals surface area contributed by atoms with Gasteiger partial charge in [-0.05, 0) is 25.1 Å². The molecule has 2 aliphatic heterocycles. The van der Waals surface area contributed by atoms with E-state index in [9.17, 15) is 9.18 Å². The number of fused-ring (bicyclic) bond motifs is 1. The van der Waals surface area contributed by atoms with Crippen LogP contribution in [0.3, 0.4) is 0 Å². The lowest BCUT2D eigenvalue weighted by Crippen LogP contribution is -2.36. The molecule has 2 aromatic rings. The maximum Gasteiger partial charge on any atom is 0.256 e. The van der Waals surface area contributed by atoms with Gasteiger partial charge in [-0.25, -0.2) is 9.37 Å². The van der Waals surface area contributed by atoms with Crippen LogP contribution in [0, 0.1) is 24.6 Å². The predicted molar refractivity (Wildman–Crippen MR) is 100 cm³/mol. The predicted octanol–water partition coefficient (Wildman–Crippen LogP) is 2.03. The molecule has 0 radical (unpaired) electrons. The summed E-state index contributed by atoms with van der Waals surface area (Å²) in [7, 11) is 0. The fourth-order valence-corrected chi connectivity index (χ4v) is 3.19. The molecule has 0 unspecified atom stereocenters. The topological polar surface area (TPSA) is 70.2 Å². The van der Waals surface area contributed by atoms with E-state index in [-0.39, 0.29) is 11.5 Å². The van der Waals surface area contributed by atoms with E-state index in [4.69, 9.17) is 4.74 Å². The zero-order chi connectivity index (χ0) is 18.8. The number of aromatic nitrogens is 2. The number of nitrogens with zero attached hydrogens (tertiary/aromatic N) is 2. The molecule has 7 heteroatoms. The summed E-state index contributed by atoms with van der Waals surface area (Å²) in [5.41, 5.74) is 3.17. The standard InChI is InChI=1S/C20H19FN4O2/c1-13-18(23-12-22-13)11-15-19-14(3-2-6-25-7-9-27-10-8-25)16(21)4-5-17(19)24-20(15)26/h4-5,11-12H,6-10H2,1H3,(H,22,23)(H,24,26)/b15-11-. The van der Waals surface area contributed by atoms with Crippen molar-refractivity contribution in [2.75, 3.05) is 38.2 Å². The summed E-state index contributed by atoms with van der Waals surface area (Å²) in [4.78, 5) is 21.7. The van der Waals surface area contributed by atoms with Crippen molar-refractivity contribution in [3.63, 3.8) is 0 Å². The average molecular weight is 366 g/mol. The highest BCUT2D eigenvalue weighted by molar-refractivity contribution is 6.35. The largest absolute Gasteiger partial charge is 0.379 e. The number of carbonyl (C=O) groups is 1. The number of halogens is 1. The third kappa shape index (κ3) is 3.50. The van der Waals surface area contributed by atoms with Gasteiger partial charge in [0.1, 0.15) is 5.82 Å². The first kappa shape index (κ1) is 17.5. The number of imidazole rings is 1. The Bertz CT molecular complexity index is 978. The van der Waals surface area contributed by atoms with Crippen LogP contribution in [0.1, 0.15) is 22.5 Å². The molecule has 1 amide bonds. The molecule has 0 spiro atoms. The lowest BCUT2D eigenvalue weighted by Gasteiger charge is -2.24. The average Bonchev–Trinajstić information content (AvgIpc) is 3.22. The fourth-order valence-electron chi connectivity index (χ4n) is 3.19. The molecular formula is C20H19FN4O2. The summed E-state index contributed by atoms with van der Waals surface area (Å²) in [5, 5.41) is 2.78. The van der Waals surface area contributed by atoms with Crippen LogP contribution < -0.4 is 5.32 Å². The summed E-state index contributed by atoms with van der Waals surface area (Å²) >= 11 is 0. The van der Waals surface area contributed by atoms with Crippen molar-refractivity contribution in [3.05, 3.63) is 46.8 Å². The second kappa shape index (κ2) is 7.35. The van der Waals surface area contributed by atoms with E-state index in [1.165, 1.54) is 6.07 Å². The Morgan fingerprint density at radius 2 is 2.19 bits per heavy atom. The van der Waals surface area contributed by atoms with E-state index >= 15 is 0 Å². The molecule has 1 fully saturated rings. The van der Waals surface area contributed by atoms with E-state index in [1.807, 2.05) is 6.92 Å². The summed E-state index contributed by atoms with van der Waals surface area (Å²) in [5.74, 6) is 5.27. The molecule has 4 rings (SSSR count). The SMILES string of the molecule is Cc1nc[nH]c1/C=C1\C(=O)Nc2ccc(F)c(C#CCN3CCOCC3)c21. The van der Waals surface area contributed by atoms with Gasteiger partial charge in [-0.3, -0.25) is 9.69 Å². The Labute approximate surface area is 156 Å². The second-order valence-corrected chi connectivity index (χ2v) is 6.45. The molecule has 2 aliphatic rings. The van der Waals surface area contributed by atoms with Gasteiger partial charge in [0.05, 0.1) is 54.3 Å². The number of rotatable bonds is 2. The first-order valence-electron chi connectivity index (χ1n) is 8.78. The lowest BCUT2D eigenvalue weighted by molar-refractivity contribution is -0.110. The third-order valence-electron chi connectivity index (χ3n) is 4.69. The summed E-state index contributed by atoms with van der Waals surface area (Å²) in [6.07, 6.45) is 3.25. The van der Waals surface area contributed by atoms with Crippen LogP contribution in [0.25, 0.3) is 11.6 Å². The molecule has 3 heterocycles. The van der Waals surface area contributed by atoms with Crippen LogP contribution in [-0.2, 0) is 9.53 Å². The van der Waals surface area contributed by atoms with Gasteiger partial charge in [-0.1, -0.05) is 11.8 Å². The Morgan fingerprint density at radius 3 is 2.93 bits per heavy atom. The van der Waals surface area contributed by atoms with Crippen molar-refractivity contribution in [1.29, 1.82) is 0 Å². The molecule has 2 N–H and O–H groups in total. The molecular weight excluding hydrogens is 347 g/mol.